The Morgan fingerprint density at radius 1 is 0.602 bits per heavy atom. The molecule has 0 aliphatic carbocycles. The molecule has 5 aromatic rings. The number of methoxy groups -OCH3 is 1. The Hall–Kier alpha value is -8.05. The smallest absolute Gasteiger partial charge is 0.366 e. The molecule has 3 heterocycles. The van der Waals surface area contributed by atoms with E-state index >= 15 is 0 Å². The molecule has 0 saturated carbocycles. The fourth-order valence-corrected chi connectivity index (χ4v) is 9.92. The number of ether oxygens (including phenoxy) is 13. The topological polar surface area (TPSA) is 346 Å². The minimum Gasteiger partial charge on any atom is -0.465 e. The summed E-state index contributed by atoms with van der Waals surface area (Å²) < 4.78 is 79.5. The van der Waals surface area contributed by atoms with E-state index in [0.717, 1.165) is 14.0 Å². The molecule has 16 atom stereocenters. The van der Waals surface area contributed by atoms with E-state index in [9.17, 15) is 54.0 Å². The molecule has 0 spiro atoms. The van der Waals surface area contributed by atoms with Gasteiger partial charge in [0.05, 0.1) is 60.3 Å². The highest BCUT2D eigenvalue weighted by atomic mass is 16.8. The van der Waals surface area contributed by atoms with Crippen LogP contribution >= 0.6 is 0 Å². The van der Waals surface area contributed by atoms with Gasteiger partial charge in [0.15, 0.2) is 43.1 Å². The molecule has 5 aromatic carbocycles. The van der Waals surface area contributed by atoms with Crippen molar-refractivity contribution in [2.45, 2.75) is 131 Å². The lowest BCUT2D eigenvalue weighted by molar-refractivity contribution is -0.365. The SMILES string of the molecule is CCCCO[C@@H]1OC(COC(=O)c2ccccc2)[C@@H](O[C@@H]2OC(CO[C@]3(C(=O)OC)C[C@@H](O)[C@@H](N)C([C@H](O)[C@@H](CO)OC(C)=O)O3)[C@H](O)C(OC(=O)c3ccccc3)[C@@H]2OC(=O)c2ccccc2)C(OC(=O)c2ccccc2)[C@@H]1OC(=O)c1ccccc1. The predicted octanol–water partition coefficient (Wildman–Crippen LogP) is 3.41. The Balaban J connectivity index is 1.27. The van der Waals surface area contributed by atoms with E-state index in [1.54, 1.807) is 66.7 Å². The normalized spacial score (nSPS) is 27.5. The van der Waals surface area contributed by atoms with Gasteiger partial charge in [-0.1, -0.05) is 104 Å². The van der Waals surface area contributed by atoms with Crippen LogP contribution in [0.2, 0.25) is 0 Å². The third-order valence-electron chi connectivity index (χ3n) is 14.5. The van der Waals surface area contributed by atoms with Crippen molar-refractivity contribution in [3.05, 3.63) is 179 Å². The number of aliphatic hydroxyl groups is 4. The second kappa shape index (κ2) is 31.2. The summed E-state index contributed by atoms with van der Waals surface area (Å²) in [7, 11) is 0.934. The van der Waals surface area contributed by atoms with Crippen LogP contribution in [0.5, 0.6) is 0 Å². The van der Waals surface area contributed by atoms with Gasteiger partial charge in [0.1, 0.15) is 43.2 Å². The zero-order valence-corrected chi connectivity index (χ0v) is 48.1. The largest absolute Gasteiger partial charge is 0.465 e. The van der Waals surface area contributed by atoms with Gasteiger partial charge in [-0.2, -0.15) is 0 Å². The zero-order chi connectivity index (χ0) is 62.9. The highest BCUT2D eigenvalue weighted by Gasteiger charge is 2.60. The monoisotopic (exact) mass is 1220 g/mol. The Morgan fingerprint density at radius 3 is 1.50 bits per heavy atom. The van der Waals surface area contributed by atoms with Crippen molar-refractivity contribution in [1.29, 1.82) is 0 Å². The number of carbonyl (C=O) groups excluding carboxylic acids is 7. The molecule has 3 fully saturated rings. The average molecular weight is 1220 g/mol. The molecule has 88 heavy (non-hydrogen) atoms. The van der Waals surface area contributed by atoms with E-state index in [-0.39, 0.29) is 34.4 Å². The maximum absolute atomic E-state index is 14.6. The standard InChI is InChI=1S/C63H69NO24/c1-4-5-31-77-60-54(86-59(74)41-29-19-10-20-30-41)52(84-57(72)39-25-15-8-16-26-39)49(45(82-60)34-78-55(70)37-21-11-6-12-22-37)87-61-53(85-58(73)40-27-17-9-18-28-40)51(83-56(71)38-23-13-7-14-24-38)48(69)44(81-61)35-79-63(62(75)76-3)32-42(67)46(64)50(88-63)47(68)43(33-65)80-36(2)66/h6-30,42-54,60-61,65,67-69H,4-5,31-35,64H2,1-3H3/t42-,43-,44?,45?,46-,47-,48+,49-,50?,51?,52?,53+,54+,60-,61+,63-/m1/s1. The molecule has 3 aliphatic rings. The van der Waals surface area contributed by atoms with Crippen LogP contribution in [-0.4, -0.2) is 193 Å². The Labute approximate surface area is 505 Å². The number of unbranched alkanes of at least 4 members (excludes halogenated alkanes) is 1. The number of rotatable bonds is 25. The van der Waals surface area contributed by atoms with Crippen LogP contribution in [0.15, 0.2) is 152 Å². The number of carbonyl (C=O) groups is 7. The lowest BCUT2D eigenvalue weighted by Gasteiger charge is -2.49. The van der Waals surface area contributed by atoms with Crippen LogP contribution in [0.3, 0.4) is 0 Å². The first-order chi connectivity index (χ1) is 42.4. The number of hydrogen-bond donors (Lipinski definition) is 5. The molecule has 470 valence electrons. The molecule has 3 aliphatic heterocycles. The van der Waals surface area contributed by atoms with Crippen LogP contribution in [0.1, 0.15) is 84.9 Å². The average Bonchev–Trinajstić information content (AvgIpc) is 1.34. The quantitative estimate of drug-likeness (QED) is 0.0317. The molecule has 5 unspecified atom stereocenters. The Morgan fingerprint density at radius 2 is 1.05 bits per heavy atom. The molecular formula is C63H69NO24. The van der Waals surface area contributed by atoms with Gasteiger partial charge in [0.2, 0.25) is 0 Å². The fourth-order valence-electron chi connectivity index (χ4n) is 9.92. The van der Waals surface area contributed by atoms with Crippen molar-refractivity contribution in [1.82, 2.24) is 0 Å². The van der Waals surface area contributed by atoms with Crippen molar-refractivity contribution in [2.75, 3.05) is 33.5 Å². The highest BCUT2D eigenvalue weighted by molar-refractivity contribution is 5.92. The van der Waals surface area contributed by atoms with Crippen molar-refractivity contribution in [3.63, 3.8) is 0 Å². The van der Waals surface area contributed by atoms with Gasteiger partial charge in [-0.25, -0.2) is 28.8 Å². The van der Waals surface area contributed by atoms with E-state index in [4.69, 9.17) is 67.3 Å². The summed E-state index contributed by atoms with van der Waals surface area (Å²) >= 11 is 0. The van der Waals surface area contributed by atoms with Crippen LogP contribution < -0.4 is 5.73 Å². The van der Waals surface area contributed by atoms with E-state index < -0.39 is 166 Å². The van der Waals surface area contributed by atoms with Crippen LogP contribution in [0.4, 0.5) is 0 Å². The predicted molar refractivity (Wildman–Crippen MR) is 301 cm³/mol. The fraction of sp³-hybridized carbons (Fsp3) is 0.413. The molecule has 0 amide bonds. The molecule has 25 nitrogen and oxygen atoms in total. The van der Waals surface area contributed by atoms with Crippen LogP contribution in [-0.2, 0) is 71.2 Å². The molecule has 3 saturated heterocycles. The minimum absolute atomic E-state index is 0.00301. The molecule has 25 heteroatoms. The summed E-state index contributed by atoms with van der Waals surface area (Å²) in [6.45, 7) is 0.127. The minimum atomic E-state index is -2.78. The number of nitrogens with two attached hydrogens (primary N) is 1. The number of aliphatic hydroxyl groups excluding tert-OH is 4. The summed E-state index contributed by atoms with van der Waals surface area (Å²) in [4.78, 5) is 97.5. The third kappa shape index (κ3) is 16.4. The summed E-state index contributed by atoms with van der Waals surface area (Å²) in [5, 5.41) is 45.6. The second-order valence-corrected chi connectivity index (χ2v) is 20.6. The van der Waals surface area contributed by atoms with Crippen molar-refractivity contribution in [3.8, 4) is 0 Å². The molecule has 6 N–H and O–H groups in total. The van der Waals surface area contributed by atoms with Gasteiger partial charge in [0.25, 0.3) is 5.79 Å². The molecule has 0 radical (unpaired) electrons. The summed E-state index contributed by atoms with van der Waals surface area (Å²) in [6.07, 6.45) is -26.4. The Bertz CT molecular complexity index is 3090. The first-order valence-corrected chi connectivity index (χ1v) is 28.3. The van der Waals surface area contributed by atoms with Gasteiger partial charge in [-0.15, -0.1) is 0 Å². The Kier molecular flexibility index (Phi) is 23.4. The molecule has 0 aromatic heterocycles. The van der Waals surface area contributed by atoms with Gasteiger partial charge >= 0.3 is 41.8 Å². The molecule has 8 rings (SSSR count). The summed E-state index contributed by atoms with van der Waals surface area (Å²) in [5.74, 6) is -10.0. The van der Waals surface area contributed by atoms with E-state index in [0.29, 0.717) is 12.8 Å². The highest BCUT2D eigenvalue weighted by Crippen LogP contribution is 2.39. The van der Waals surface area contributed by atoms with Gasteiger partial charge < -0.3 is 87.7 Å². The first-order valence-electron chi connectivity index (χ1n) is 28.3. The van der Waals surface area contributed by atoms with E-state index in [1.807, 2.05) is 6.92 Å². The van der Waals surface area contributed by atoms with Gasteiger partial charge in [-0.3, -0.25) is 4.79 Å². The maximum atomic E-state index is 14.6. The lowest BCUT2D eigenvalue weighted by Crippen LogP contribution is -2.68. The van der Waals surface area contributed by atoms with Crippen molar-refractivity contribution >= 4 is 41.8 Å². The van der Waals surface area contributed by atoms with E-state index in [2.05, 4.69) is 0 Å². The van der Waals surface area contributed by atoms with Crippen LogP contribution in [0.25, 0.3) is 0 Å². The van der Waals surface area contributed by atoms with Crippen molar-refractivity contribution < 1.29 is 116 Å². The molecular weight excluding hydrogens is 1150 g/mol. The van der Waals surface area contributed by atoms with Gasteiger partial charge in [0, 0.05) is 20.0 Å². The van der Waals surface area contributed by atoms with Crippen LogP contribution in [0, 0.1) is 0 Å². The van der Waals surface area contributed by atoms with Crippen molar-refractivity contribution in [2.24, 2.45) is 5.73 Å². The third-order valence-corrected chi connectivity index (χ3v) is 14.5. The summed E-state index contributed by atoms with van der Waals surface area (Å²) in [6, 6.07) is 36.6. The summed E-state index contributed by atoms with van der Waals surface area (Å²) in [5.41, 5.74) is 6.33. The number of benzene rings is 5. The van der Waals surface area contributed by atoms with Gasteiger partial charge in [-0.05, 0) is 67.1 Å². The molecule has 0 bridgehead atoms. The van der Waals surface area contributed by atoms with E-state index in [1.165, 1.54) is 84.9 Å². The number of hydrogen-bond acceptors (Lipinski definition) is 25. The first kappa shape index (κ1) is 65.9. The lowest BCUT2D eigenvalue weighted by atomic mass is 9.89. The number of esters is 7. The second-order valence-electron chi connectivity index (χ2n) is 20.6. The maximum Gasteiger partial charge on any atom is 0.366 e. The zero-order valence-electron chi connectivity index (χ0n) is 48.1.